The molecule has 1 aliphatic carbocycles. The van der Waals surface area contributed by atoms with Gasteiger partial charge in [0.15, 0.2) is 0 Å². The summed E-state index contributed by atoms with van der Waals surface area (Å²) in [6, 6.07) is 6.42. The molecule has 1 aliphatic rings. The van der Waals surface area contributed by atoms with E-state index in [0.717, 1.165) is 29.2 Å². The third-order valence-electron chi connectivity index (χ3n) is 2.48. The fourth-order valence-electron chi connectivity index (χ4n) is 1.44. The molecule has 16 heavy (non-hydrogen) atoms. The Hall–Kier alpha value is -0.250. The molecule has 1 saturated carbocycles. The van der Waals surface area contributed by atoms with Crippen molar-refractivity contribution in [2.45, 2.75) is 25.3 Å². The average molecular weight is 305 g/mol. The van der Waals surface area contributed by atoms with Gasteiger partial charge in [-0.1, -0.05) is 27.5 Å². The number of nitrogens with one attached hydrogen (secondary N) is 1. The summed E-state index contributed by atoms with van der Waals surface area (Å²) in [4.78, 5) is 0. The first kappa shape index (κ1) is 12.2. The predicted molar refractivity (Wildman–Crippen MR) is 70.3 cm³/mol. The van der Waals surface area contributed by atoms with Crippen LogP contribution in [0.4, 0.5) is 0 Å². The van der Waals surface area contributed by atoms with Gasteiger partial charge < -0.3 is 10.1 Å². The quantitative estimate of drug-likeness (QED) is 0.811. The van der Waals surface area contributed by atoms with Gasteiger partial charge in [-0.05, 0) is 44.0 Å². The number of hydrogen-bond acceptors (Lipinski definition) is 2. The van der Waals surface area contributed by atoms with E-state index in [9.17, 15) is 0 Å². The molecule has 1 aromatic rings. The maximum absolute atomic E-state index is 6.01. The van der Waals surface area contributed by atoms with Crippen LogP contribution in [0.2, 0.25) is 5.02 Å². The summed E-state index contributed by atoms with van der Waals surface area (Å²) < 4.78 is 6.61. The van der Waals surface area contributed by atoms with Gasteiger partial charge in [0, 0.05) is 10.5 Å². The van der Waals surface area contributed by atoms with E-state index >= 15 is 0 Å². The van der Waals surface area contributed by atoms with E-state index in [2.05, 4.69) is 21.2 Å². The topological polar surface area (TPSA) is 21.3 Å². The Morgan fingerprint density at radius 2 is 2.25 bits per heavy atom. The highest BCUT2D eigenvalue weighted by molar-refractivity contribution is 9.10. The molecule has 0 bridgehead atoms. The molecule has 1 aromatic carbocycles. The first-order chi connectivity index (χ1) is 7.75. The number of rotatable bonds is 6. The Balaban J connectivity index is 1.69. The SMILES string of the molecule is Clc1ccc(Br)cc1OCCCNC1CC1. The van der Waals surface area contributed by atoms with E-state index in [1.165, 1.54) is 12.8 Å². The predicted octanol–water partition coefficient (Wildman–Crippen LogP) is 3.62. The molecule has 0 saturated heterocycles. The fraction of sp³-hybridized carbons (Fsp3) is 0.500. The van der Waals surface area contributed by atoms with Crippen LogP contribution in [0.5, 0.6) is 5.75 Å². The first-order valence-electron chi connectivity index (χ1n) is 5.57. The second-order valence-electron chi connectivity index (χ2n) is 4.01. The van der Waals surface area contributed by atoms with Crippen molar-refractivity contribution in [3.05, 3.63) is 27.7 Å². The van der Waals surface area contributed by atoms with E-state index in [-0.39, 0.29) is 0 Å². The van der Waals surface area contributed by atoms with E-state index in [4.69, 9.17) is 16.3 Å². The van der Waals surface area contributed by atoms with Crippen LogP contribution in [0.25, 0.3) is 0 Å². The number of benzene rings is 1. The Morgan fingerprint density at radius 1 is 1.44 bits per heavy atom. The number of ether oxygens (including phenoxy) is 1. The third kappa shape index (κ3) is 3.96. The molecule has 2 rings (SSSR count). The van der Waals surface area contributed by atoms with Crippen molar-refractivity contribution >= 4 is 27.5 Å². The van der Waals surface area contributed by atoms with E-state index in [1.807, 2.05) is 18.2 Å². The van der Waals surface area contributed by atoms with Crippen LogP contribution >= 0.6 is 27.5 Å². The van der Waals surface area contributed by atoms with Gasteiger partial charge in [-0.2, -0.15) is 0 Å². The van der Waals surface area contributed by atoms with Gasteiger partial charge >= 0.3 is 0 Å². The van der Waals surface area contributed by atoms with Crippen molar-refractivity contribution in [2.75, 3.05) is 13.2 Å². The molecule has 0 radical (unpaired) electrons. The molecule has 4 heteroatoms. The highest BCUT2D eigenvalue weighted by atomic mass is 79.9. The van der Waals surface area contributed by atoms with Gasteiger partial charge in [0.05, 0.1) is 11.6 Å². The van der Waals surface area contributed by atoms with Crippen molar-refractivity contribution in [2.24, 2.45) is 0 Å². The van der Waals surface area contributed by atoms with Crippen molar-refractivity contribution < 1.29 is 4.74 Å². The van der Waals surface area contributed by atoms with Gasteiger partial charge in [-0.15, -0.1) is 0 Å². The minimum absolute atomic E-state index is 0.665. The Bertz CT molecular complexity index is 355. The van der Waals surface area contributed by atoms with Crippen LogP contribution in [0, 0.1) is 0 Å². The summed E-state index contributed by atoms with van der Waals surface area (Å²) in [5, 5.41) is 4.11. The Kier molecular flexibility index (Phi) is 4.50. The summed E-state index contributed by atoms with van der Waals surface area (Å²) in [6.45, 7) is 1.73. The molecular formula is C12H15BrClNO. The van der Waals surface area contributed by atoms with Gasteiger partial charge in [0.2, 0.25) is 0 Å². The standard InChI is InChI=1S/C12H15BrClNO/c13-9-2-5-11(14)12(8-9)16-7-1-6-15-10-3-4-10/h2,5,8,10,15H,1,3-4,6-7H2. The van der Waals surface area contributed by atoms with Crippen LogP contribution < -0.4 is 10.1 Å². The van der Waals surface area contributed by atoms with Gasteiger partial charge in [0.1, 0.15) is 5.75 Å². The van der Waals surface area contributed by atoms with Crippen LogP contribution in [0.15, 0.2) is 22.7 Å². The van der Waals surface area contributed by atoms with E-state index in [1.54, 1.807) is 0 Å². The van der Waals surface area contributed by atoms with Crippen molar-refractivity contribution in [3.8, 4) is 5.75 Å². The maximum atomic E-state index is 6.01. The molecule has 0 atom stereocenters. The normalized spacial score (nSPS) is 15.1. The second kappa shape index (κ2) is 5.89. The molecule has 0 unspecified atom stereocenters. The first-order valence-corrected chi connectivity index (χ1v) is 6.74. The third-order valence-corrected chi connectivity index (χ3v) is 3.29. The van der Waals surface area contributed by atoms with Gasteiger partial charge in [0.25, 0.3) is 0 Å². The molecule has 1 N–H and O–H groups in total. The summed E-state index contributed by atoms with van der Waals surface area (Å²) >= 11 is 9.40. The molecule has 0 spiro atoms. The van der Waals surface area contributed by atoms with Crippen molar-refractivity contribution in [1.29, 1.82) is 0 Å². The van der Waals surface area contributed by atoms with Crippen molar-refractivity contribution in [3.63, 3.8) is 0 Å². The maximum Gasteiger partial charge on any atom is 0.139 e. The molecule has 2 nitrogen and oxygen atoms in total. The zero-order valence-corrected chi connectivity index (χ0v) is 11.4. The van der Waals surface area contributed by atoms with Crippen LogP contribution in [-0.4, -0.2) is 19.2 Å². The molecule has 0 heterocycles. The van der Waals surface area contributed by atoms with Crippen molar-refractivity contribution in [1.82, 2.24) is 5.32 Å². The molecule has 0 aliphatic heterocycles. The van der Waals surface area contributed by atoms with Gasteiger partial charge in [-0.25, -0.2) is 0 Å². The Morgan fingerprint density at radius 3 is 3.00 bits per heavy atom. The molecular weight excluding hydrogens is 289 g/mol. The number of hydrogen-bond donors (Lipinski definition) is 1. The van der Waals surface area contributed by atoms with Crippen LogP contribution in [0.1, 0.15) is 19.3 Å². The highest BCUT2D eigenvalue weighted by Crippen LogP contribution is 2.27. The van der Waals surface area contributed by atoms with Crippen LogP contribution in [0.3, 0.4) is 0 Å². The molecule has 0 aromatic heterocycles. The molecule has 88 valence electrons. The minimum atomic E-state index is 0.665. The molecule has 0 amide bonds. The highest BCUT2D eigenvalue weighted by Gasteiger charge is 2.19. The smallest absolute Gasteiger partial charge is 0.139 e. The Labute approximate surface area is 109 Å². The monoisotopic (exact) mass is 303 g/mol. The summed E-state index contributed by atoms with van der Waals surface area (Å²) in [7, 11) is 0. The average Bonchev–Trinajstić information content (AvgIpc) is 3.06. The van der Waals surface area contributed by atoms with E-state index < -0.39 is 0 Å². The number of halogens is 2. The minimum Gasteiger partial charge on any atom is -0.492 e. The van der Waals surface area contributed by atoms with Gasteiger partial charge in [-0.3, -0.25) is 0 Å². The molecule has 1 fully saturated rings. The lowest BCUT2D eigenvalue weighted by Crippen LogP contribution is -2.19. The lowest BCUT2D eigenvalue weighted by molar-refractivity contribution is 0.308. The summed E-state index contributed by atoms with van der Waals surface area (Å²) in [6.07, 6.45) is 3.68. The summed E-state index contributed by atoms with van der Waals surface area (Å²) in [5.74, 6) is 0.752. The summed E-state index contributed by atoms with van der Waals surface area (Å²) in [5.41, 5.74) is 0. The van der Waals surface area contributed by atoms with Crippen LogP contribution in [-0.2, 0) is 0 Å². The largest absolute Gasteiger partial charge is 0.492 e. The fourth-order valence-corrected chi connectivity index (χ4v) is 1.95. The lowest BCUT2D eigenvalue weighted by Gasteiger charge is -2.08. The second-order valence-corrected chi connectivity index (χ2v) is 5.33. The lowest BCUT2D eigenvalue weighted by atomic mass is 10.3. The zero-order chi connectivity index (χ0) is 11.4. The van der Waals surface area contributed by atoms with E-state index in [0.29, 0.717) is 11.6 Å². The zero-order valence-electron chi connectivity index (χ0n) is 9.01.